The minimum atomic E-state index is -0.340. The average Bonchev–Trinajstić information content (AvgIpc) is 2.82. The molecule has 3 nitrogen and oxygen atoms in total. The first-order chi connectivity index (χ1) is 8.66. The predicted octanol–water partition coefficient (Wildman–Crippen LogP) is 2.98. The lowest BCUT2D eigenvalue weighted by molar-refractivity contribution is 0.0271. The number of hydrogen-bond acceptors (Lipinski definition) is 3. The molecule has 0 spiro atoms. The molecule has 1 aromatic rings. The number of benzene rings is 1. The van der Waals surface area contributed by atoms with Gasteiger partial charge in [-0.3, -0.25) is 4.90 Å². The van der Waals surface area contributed by atoms with Crippen LogP contribution in [0.3, 0.4) is 0 Å². The first kappa shape index (κ1) is 13.4. The molecule has 1 heterocycles. The SMILES string of the molecule is C[C@H](CN1CCCC1)OC(=O)c1ccccc1Cl. The number of esters is 1. The van der Waals surface area contributed by atoms with Gasteiger partial charge in [-0.05, 0) is 45.0 Å². The summed E-state index contributed by atoms with van der Waals surface area (Å²) < 4.78 is 5.41. The molecule has 0 aromatic heterocycles. The number of likely N-dealkylation sites (tertiary alicyclic amines) is 1. The highest BCUT2D eigenvalue weighted by Crippen LogP contribution is 2.17. The molecule has 1 saturated heterocycles. The summed E-state index contributed by atoms with van der Waals surface area (Å²) in [6.07, 6.45) is 2.38. The second-order valence-electron chi connectivity index (χ2n) is 4.70. The highest BCUT2D eigenvalue weighted by molar-refractivity contribution is 6.33. The van der Waals surface area contributed by atoms with Crippen molar-refractivity contribution in [3.8, 4) is 0 Å². The molecular weight excluding hydrogens is 250 g/mol. The molecule has 0 radical (unpaired) electrons. The third-order valence-corrected chi connectivity index (χ3v) is 3.45. The van der Waals surface area contributed by atoms with E-state index in [4.69, 9.17) is 16.3 Å². The van der Waals surface area contributed by atoms with Crippen molar-refractivity contribution in [3.63, 3.8) is 0 Å². The second-order valence-corrected chi connectivity index (χ2v) is 5.11. The smallest absolute Gasteiger partial charge is 0.339 e. The summed E-state index contributed by atoms with van der Waals surface area (Å²) in [5.74, 6) is -0.340. The summed E-state index contributed by atoms with van der Waals surface area (Å²) in [6, 6.07) is 6.97. The van der Waals surface area contributed by atoms with Crippen LogP contribution in [0.5, 0.6) is 0 Å². The maximum Gasteiger partial charge on any atom is 0.339 e. The molecule has 0 bridgehead atoms. The van der Waals surface area contributed by atoms with Crippen LogP contribution >= 0.6 is 11.6 Å². The fourth-order valence-corrected chi connectivity index (χ4v) is 2.45. The molecule has 1 fully saturated rings. The minimum Gasteiger partial charge on any atom is -0.458 e. The van der Waals surface area contributed by atoms with Gasteiger partial charge in [-0.2, -0.15) is 0 Å². The van der Waals surface area contributed by atoms with Crippen molar-refractivity contribution >= 4 is 17.6 Å². The van der Waals surface area contributed by atoms with E-state index in [9.17, 15) is 4.79 Å². The van der Waals surface area contributed by atoms with Crippen molar-refractivity contribution in [3.05, 3.63) is 34.9 Å². The largest absolute Gasteiger partial charge is 0.458 e. The zero-order chi connectivity index (χ0) is 13.0. The fourth-order valence-electron chi connectivity index (χ4n) is 2.24. The molecule has 1 aromatic carbocycles. The number of carbonyl (C=O) groups is 1. The monoisotopic (exact) mass is 267 g/mol. The van der Waals surface area contributed by atoms with E-state index in [1.165, 1.54) is 12.8 Å². The van der Waals surface area contributed by atoms with E-state index in [0.717, 1.165) is 19.6 Å². The quantitative estimate of drug-likeness (QED) is 0.786. The second kappa shape index (κ2) is 6.21. The van der Waals surface area contributed by atoms with Gasteiger partial charge >= 0.3 is 5.97 Å². The summed E-state index contributed by atoms with van der Waals surface area (Å²) >= 11 is 5.96. The van der Waals surface area contributed by atoms with Gasteiger partial charge in [-0.25, -0.2) is 4.79 Å². The fraction of sp³-hybridized carbons (Fsp3) is 0.500. The lowest BCUT2D eigenvalue weighted by Crippen LogP contribution is -2.31. The number of nitrogens with zero attached hydrogens (tertiary/aromatic N) is 1. The lowest BCUT2D eigenvalue weighted by atomic mass is 10.2. The van der Waals surface area contributed by atoms with Crippen LogP contribution in [0.15, 0.2) is 24.3 Å². The summed E-state index contributed by atoms with van der Waals surface area (Å²) in [6.45, 7) is 4.94. The lowest BCUT2D eigenvalue weighted by Gasteiger charge is -2.20. The normalized spacial score (nSPS) is 17.7. The minimum absolute atomic E-state index is 0.105. The van der Waals surface area contributed by atoms with Crippen molar-refractivity contribution in [2.75, 3.05) is 19.6 Å². The van der Waals surface area contributed by atoms with Crippen LogP contribution in [-0.4, -0.2) is 36.6 Å². The van der Waals surface area contributed by atoms with Gasteiger partial charge < -0.3 is 4.74 Å². The molecule has 2 rings (SSSR count). The Hall–Kier alpha value is -1.06. The summed E-state index contributed by atoms with van der Waals surface area (Å²) in [4.78, 5) is 14.2. The highest BCUT2D eigenvalue weighted by atomic mass is 35.5. The van der Waals surface area contributed by atoms with E-state index in [1.807, 2.05) is 6.92 Å². The standard InChI is InChI=1S/C14H18ClNO2/c1-11(10-16-8-4-5-9-16)18-14(17)12-6-2-3-7-13(12)15/h2-3,6-7,11H,4-5,8-10H2,1H3/t11-/m1/s1. The Morgan fingerprint density at radius 3 is 2.72 bits per heavy atom. The molecule has 0 aliphatic carbocycles. The Morgan fingerprint density at radius 1 is 1.39 bits per heavy atom. The van der Waals surface area contributed by atoms with Gasteiger partial charge in [-0.1, -0.05) is 23.7 Å². The van der Waals surface area contributed by atoms with Crippen molar-refractivity contribution in [1.29, 1.82) is 0 Å². The maximum atomic E-state index is 11.9. The van der Waals surface area contributed by atoms with Crippen molar-refractivity contribution < 1.29 is 9.53 Å². The van der Waals surface area contributed by atoms with Gasteiger partial charge in [0.25, 0.3) is 0 Å². The van der Waals surface area contributed by atoms with Gasteiger partial charge in [0.05, 0.1) is 10.6 Å². The van der Waals surface area contributed by atoms with Crippen LogP contribution in [-0.2, 0) is 4.74 Å². The van der Waals surface area contributed by atoms with Crippen LogP contribution in [0.25, 0.3) is 0 Å². The van der Waals surface area contributed by atoms with E-state index in [2.05, 4.69) is 4.90 Å². The first-order valence-corrected chi connectivity index (χ1v) is 6.72. The molecule has 0 unspecified atom stereocenters. The summed E-state index contributed by atoms with van der Waals surface area (Å²) in [5, 5.41) is 0.441. The number of halogens is 1. The molecule has 4 heteroatoms. The van der Waals surface area contributed by atoms with E-state index in [1.54, 1.807) is 24.3 Å². The average molecular weight is 268 g/mol. The number of hydrogen-bond donors (Lipinski definition) is 0. The molecule has 0 amide bonds. The van der Waals surface area contributed by atoms with E-state index in [0.29, 0.717) is 10.6 Å². The van der Waals surface area contributed by atoms with Gasteiger partial charge in [0.15, 0.2) is 0 Å². The van der Waals surface area contributed by atoms with Gasteiger partial charge in [0, 0.05) is 6.54 Å². The molecule has 1 atom stereocenters. The van der Waals surface area contributed by atoms with E-state index >= 15 is 0 Å². The Balaban J connectivity index is 1.88. The van der Waals surface area contributed by atoms with Crippen LogP contribution in [0, 0.1) is 0 Å². The van der Waals surface area contributed by atoms with E-state index in [-0.39, 0.29) is 12.1 Å². The molecule has 18 heavy (non-hydrogen) atoms. The van der Waals surface area contributed by atoms with Gasteiger partial charge in [0.2, 0.25) is 0 Å². The summed E-state index contributed by atoms with van der Waals surface area (Å²) in [7, 11) is 0. The summed E-state index contributed by atoms with van der Waals surface area (Å²) in [5.41, 5.74) is 0.437. The van der Waals surface area contributed by atoms with Gasteiger partial charge in [0.1, 0.15) is 6.10 Å². The topological polar surface area (TPSA) is 29.5 Å². The number of carbonyl (C=O) groups excluding carboxylic acids is 1. The third-order valence-electron chi connectivity index (χ3n) is 3.12. The molecular formula is C14H18ClNO2. The Kier molecular flexibility index (Phi) is 4.61. The van der Waals surface area contributed by atoms with Crippen LogP contribution in [0.4, 0.5) is 0 Å². The Bertz CT molecular complexity index is 416. The van der Waals surface area contributed by atoms with Crippen molar-refractivity contribution in [1.82, 2.24) is 4.90 Å². The number of rotatable bonds is 4. The molecule has 0 saturated carbocycles. The number of ether oxygens (including phenoxy) is 1. The Labute approximate surface area is 113 Å². The van der Waals surface area contributed by atoms with Crippen LogP contribution in [0.2, 0.25) is 5.02 Å². The highest BCUT2D eigenvalue weighted by Gasteiger charge is 2.19. The zero-order valence-corrected chi connectivity index (χ0v) is 11.3. The zero-order valence-electron chi connectivity index (χ0n) is 10.6. The predicted molar refractivity (Wildman–Crippen MR) is 72.0 cm³/mol. The first-order valence-electron chi connectivity index (χ1n) is 6.34. The Morgan fingerprint density at radius 2 is 2.06 bits per heavy atom. The van der Waals surface area contributed by atoms with Crippen LogP contribution < -0.4 is 0 Å². The van der Waals surface area contributed by atoms with E-state index < -0.39 is 0 Å². The third kappa shape index (κ3) is 3.47. The maximum absolute atomic E-state index is 11.9. The van der Waals surface area contributed by atoms with Crippen molar-refractivity contribution in [2.45, 2.75) is 25.9 Å². The molecule has 98 valence electrons. The van der Waals surface area contributed by atoms with Gasteiger partial charge in [-0.15, -0.1) is 0 Å². The molecule has 1 aliphatic heterocycles. The molecule has 0 N–H and O–H groups in total. The molecule has 1 aliphatic rings. The van der Waals surface area contributed by atoms with Crippen molar-refractivity contribution in [2.24, 2.45) is 0 Å². The van der Waals surface area contributed by atoms with Crippen LogP contribution in [0.1, 0.15) is 30.1 Å².